The molecule has 0 atom stereocenters. The molecule has 0 saturated heterocycles. The predicted octanol–water partition coefficient (Wildman–Crippen LogP) is 9.73. The second kappa shape index (κ2) is 20.5. The molecule has 8 heteroatoms. The van der Waals surface area contributed by atoms with Crippen LogP contribution >= 0.6 is 0 Å². The topological polar surface area (TPSA) is 64.6 Å². The third-order valence-corrected chi connectivity index (χ3v) is 13.5. The summed E-state index contributed by atoms with van der Waals surface area (Å²) in [5.74, 6) is 1.77. The fraction of sp³-hybridized carbons (Fsp3) is 0.0417. The van der Waals surface area contributed by atoms with Gasteiger partial charge in [0.1, 0.15) is 7.40 Å². The number of halogens is 1. The van der Waals surface area contributed by atoms with Crippen molar-refractivity contribution in [2.24, 2.45) is 0 Å². The molecule has 0 spiro atoms. The van der Waals surface area contributed by atoms with Gasteiger partial charge in [0.25, 0.3) is 0 Å². The normalized spacial score (nSPS) is 10.2. The molecule has 8 aromatic rings. The number of benzene rings is 6. The quantitative estimate of drug-likeness (QED) is 0.113. The largest absolute Gasteiger partial charge is 0.867 e. The molecule has 0 aliphatic rings. The third kappa shape index (κ3) is 11.3. The molecule has 0 bridgehead atoms. The Hall–Kier alpha value is -5.43. The fourth-order valence-corrected chi connectivity index (χ4v) is 10.6. The molecule has 56 heavy (non-hydrogen) atoms. The van der Waals surface area contributed by atoms with Gasteiger partial charge in [-0.2, -0.15) is 0 Å². The van der Waals surface area contributed by atoms with Gasteiger partial charge in [-0.3, -0.25) is 0 Å². The molecule has 0 aliphatic heterocycles. The number of hydrogen-bond donors (Lipinski definition) is 0. The van der Waals surface area contributed by atoms with Crippen LogP contribution in [0.25, 0.3) is 62.3 Å². The van der Waals surface area contributed by atoms with E-state index in [0.29, 0.717) is 0 Å². The van der Waals surface area contributed by atoms with Gasteiger partial charge in [-0.1, -0.05) is 0 Å². The molecule has 6 aromatic carbocycles. The van der Waals surface area contributed by atoms with E-state index in [9.17, 15) is 4.32 Å². The van der Waals surface area contributed by atoms with Gasteiger partial charge in [0.2, 0.25) is 0 Å². The molecule has 8 rings (SSSR count). The van der Waals surface area contributed by atoms with E-state index in [0.717, 1.165) is 11.5 Å². The van der Waals surface area contributed by atoms with Gasteiger partial charge in [0, 0.05) is 0 Å². The summed E-state index contributed by atoms with van der Waals surface area (Å²) >= 11 is 0.553. The Bertz CT molecular complexity index is 2110. The molecule has 4 nitrogen and oxygen atoms in total. The molecule has 0 N–H and O–H groups in total. The van der Waals surface area contributed by atoms with E-state index in [1.165, 1.54) is 62.3 Å². The second-order valence-electron chi connectivity index (χ2n) is 12.3. The molecule has 276 valence electrons. The van der Waals surface area contributed by atoms with E-state index in [1.807, 2.05) is 24.3 Å². The van der Waals surface area contributed by atoms with E-state index in [1.54, 1.807) is 14.2 Å². The third-order valence-electron chi connectivity index (χ3n) is 8.67. The minimum atomic E-state index is -3.17. The van der Waals surface area contributed by atoms with Crippen molar-refractivity contribution in [3.8, 4) is 73.8 Å². The first-order chi connectivity index (χ1) is 27.4. The summed E-state index contributed by atoms with van der Waals surface area (Å²) in [6.07, 6.45) is 0. The number of rotatable bonds is 8. The molecule has 0 saturated carbocycles. The smallest absolute Gasteiger partial charge is 0.121 e. The van der Waals surface area contributed by atoms with Crippen molar-refractivity contribution in [2.45, 2.75) is 0 Å². The van der Waals surface area contributed by atoms with Gasteiger partial charge < -0.3 is 14.4 Å². The number of hydrogen-bond acceptors (Lipinski definition) is 4. The van der Waals surface area contributed by atoms with Crippen LogP contribution in [0.1, 0.15) is 0 Å². The van der Waals surface area contributed by atoms with E-state index in [4.69, 9.17) is 19.5 Å². The van der Waals surface area contributed by atoms with Crippen LogP contribution in [0.3, 0.4) is 0 Å². The van der Waals surface area contributed by atoms with Crippen LogP contribution in [-0.2, 0) is 0 Å². The average molecular weight is 867 g/mol. The number of ether oxygens (including phenoxy) is 2. The van der Waals surface area contributed by atoms with Crippen LogP contribution in [0.5, 0.6) is 11.5 Å². The van der Waals surface area contributed by atoms with Crippen LogP contribution in [0.15, 0.2) is 194 Å². The zero-order valence-corrected chi connectivity index (χ0v) is 34.3. The van der Waals surface area contributed by atoms with Crippen LogP contribution < -0.4 is 19.5 Å². The monoisotopic (exact) mass is 868 g/mol. The minimum absolute atomic E-state index is 0.276. The zero-order chi connectivity index (χ0) is 39.1. The van der Waals surface area contributed by atoms with Crippen molar-refractivity contribution in [1.29, 1.82) is 0 Å². The first kappa shape index (κ1) is 40.2. The Morgan fingerprint density at radius 2 is 0.732 bits per heavy atom. The van der Waals surface area contributed by atoms with Gasteiger partial charge in [-0.25, -0.2) is 0 Å². The molecule has 0 aliphatic carbocycles. The Morgan fingerprint density at radius 3 is 1.04 bits per heavy atom. The zero-order valence-electron chi connectivity index (χ0n) is 30.9. The molecule has 0 amide bonds. The van der Waals surface area contributed by atoms with Crippen LogP contribution in [0, 0.1) is 0 Å². The Morgan fingerprint density at radius 1 is 0.429 bits per heavy atom. The fourth-order valence-electron chi connectivity index (χ4n) is 5.88. The van der Waals surface area contributed by atoms with Crippen molar-refractivity contribution < 1.29 is 23.8 Å². The summed E-state index contributed by atoms with van der Waals surface area (Å²) in [5, 5.41) is 16.6. The summed E-state index contributed by atoms with van der Waals surface area (Å²) in [6, 6.07) is 68.7. The predicted molar refractivity (Wildman–Crippen MR) is 228 cm³/mol. The average Bonchev–Trinajstić information content (AvgIpc) is 3.27. The van der Waals surface area contributed by atoms with Gasteiger partial charge in [-0.05, 0) is 0 Å². The SMILES string of the molecule is COc1ccc(-c2cc(-c3ccccc3)[se][c+](-c3ccccc3)c2)cc1.COc1ccc(-c2cc(-c3ccccc3)[se][c+](-c3ccccc3)c2)cc1.[O-]B([O-])F. The molecular weight excluding hydrogens is 828 g/mol. The summed E-state index contributed by atoms with van der Waals surface area (Å²) in [4.78, 5) is 0. The van der Waals surface area contributed by atoms with Gasteiger partial charge in [0.15, 0.2) is 0 Å². The maximum Gasteiger partial charge on any atom is 0.121 e. The van der Waals surface area contributed by atoms with E-state index >= 15 is 0 Å². The molecule has 0 fully saturated rings. The van der Waals surface area contributed by atoms with Crippen LogP contribution in [0.2, 0.25) is 0 Å². The van der Waals surface area contributed by atoms with Crippen LogP contribution in [0.4, 0.5) is 4.32 Å². The molecule has 2 heterocycles. The van der Waals surface area contributed by atoms with Gasteiger partial charge in [-0.15, -0.1) is 0 Å². The Kier molecular flexibility index (Phi) is 14.7. The van der Waals surface area contributed by atoms with E-state index < -0.39 is 7.40 Å². The molecule has 2 aromatic heterocycles. The first-order valence-corrected chi connectivity index (χ1v) is 21.3. The van der Waals surface area contributed by atoms with Crippen LogP contribution in [-0.4, -0.2) is 50.6 Å². The number of methoxy groups -OCH3 is 2. The van der Waals surface area contributed by atoms with E-state index in [-0.39, 0.29) is 29.0 Å². The maximum atomic E-state index is 9.89. The summed E-state index contributed by atoms with van der Waals surface area (Å²) in [5.41, 5.74) is 10.1. The Labute approximate surface area is 340 Å². The molecular formula is C48H38BFO4Se2. The van der Waals surface area contributed by atoms with Gasteiger partial charge >= 0.3 is 321 Å². The minimum Gasteiger partial charge on any atom is -0.867 e. The van der Waals surface area contributed by atoms with Crippen molar-refractivity contribution in [3.63, 3.8) is 0 Å². The molecule has 0 radical (unpaired) electrons. The molecule has 0 unspecified atom stereocenters. The van der Waals surface area contributed by atoms with Gasteiger partial charge in [0.05, 0.1) is 0 Å². The summed E-state index contributed by atoms with van der Waals surface area (Å²) in [6.45, 7) is 0. The second-order valence-corrected chi connectivity index (χ2v) is 16.9. The summed E-state index contributed by atoms with van der Waals surface area (Å²) in [7, 11) is 0.234. The van der Waals surface area contributed by atoms with Crippen molar-refractivity contribution in [1.82, 2.24) is 0 Å². The Balaban J connectivity index is 0.000000174. The maximum absolute atomic E-state index is 9.89. The van der Waals surface area contributed by atoms with Crippen molar-refractivity contribution in [2.75, 3.05) is 14.2 Å². The van der Waals surface area contributed by atoms with Crippen molar-refractivity contribution >= 4 is 36.4 Å². The first-order valence-electron chi connectivity index (χ1n) is 17.8. The summed E-state index contributed by atoms with van der Waals surface area (Å²) < 4.78 is 26.1. The standard InChI is InChI=1S/2C24H19OSe.BFO2/c2*1-25-22-14-12-18(13-15-22)21-16-23(19-8-4-2-5-9-19)26-24(17-21)20-10-6-3-7-11-20;2-1(3)4/h2*2-17H,1H3;/q2*+1;-2. The van der Waals surface area contributed by atoms with Crippen molar-refractivity contribution in [3.05, 3.63) is 194 Å². The van der Waals surface area contributed by atoms with E-state index in [2.05, 4.69) is 170 Å².